The predicted molar refractivity (Wildman–Crippen MR) is 41.9 cm³/mol. The average molecular weight is 282 g/mol. The molecule has 0 aromatic heterocycles. The van der Waals surface area contributed by atoms with Gasteiger partial charge in [0.15, 0.2) is 0 Å². The summed E-state index contributed by atoms with van der Waals surface area (Å²) in [4.78, 5) is 24.8. The molecular formula is H3CaKN4O9. The number of hydrogen-bond acceptors (Lipinski definition) is 10. The van der Waals surface area contributed by atoms with Gasteiger partial charge in [0.1, 0.15) is 0 Å². The van der Waals surface area contributed by atoms with Crippen LogP contribution in [0.1, 0.15) is 0 Å². The first-order chi connectivity index (χ1) is 5.20. The van der Waals surface area contributed by atoms with Gasteiger partial charge in [-0.3, -0.25) is 0 Å². The van der Waals surface area contributed by atoms with E-state index in [4.69, 9.17) is 46.0 Å². The Balaban J connectivity index is -0.0000000184. The van der Waals surface area contributed by atoms with Crippen LogP contribution < -0.4 is 57.5 Å². The van der Waals surface area contributed by atoms with E-state index in [2.05, 4.69) is 0 Å². The van der Waals surface area contributed by atoms with Gasteiger partial charge in [0.2, 0.25) is 0 Å². The van der Waals surface area contributed by atoms with Crippen molar-refractivity contribution in [2.24, 2.45) is 0 Å². The standard InChI is InChI=1S/Ca.K.3NO3.H3N/c;;3*2-1(3)4;/h;;;;;1H3/q+2;+1;3*-1;. The molecule has 3 N–H and O–H groups in total. The second-order valence-electron chi connectivity index (χ2n) is 0.671. The number of rotatable bonds is 0. The SMILES string of the molecule is N.O=[N+]([O-])[O-].O=[N+]([O-])[O-].O=[N+]([O-])[O-].[Ca+2].[K+]. The molecule has 0 bridgehead atoms. The molecule has 0 aliphatic rings. The fourth-order valence-electron chi connectivity index (χ4n) is 0. The fourth-order valence-corrected chi connectivity index (χ4v) is 0. The first-order valence-corrected chi connectivity index (χ1v) is 1.64. The van der Waals surface area contributed by atoms with Gasteiger partial charge in [-0.2, -0.15) is 0 Å². The monoisotopic (exact) mass is 282 g/mol. The summed E-state index contributed by atoms with van der Waals surface area (Å²) in [6.45, 7) is 0. The third-order valence-corrected chi connectivity index (χ3v) is 0. The molecule has 0 rings (SSSR count). The summed E-state index contributed by atoms with van der Waals surface area (Å²) in [5.74, 6) is 0. The Bertz CT molecular complexity index is 120. The predicted octanol–water partition coefficient (Wildman–Crippen LogP) is -3.93. The van der Waals surface area contributed by atoms with Gasteiger partial charge in [0.25, 0.3) is 0 Å². The largest absolute Gasteiger partial charge is 2.00 e. The summed E-state index contributed by atoms with van der Waals surface area (Å²) in [5.41, 5.74) is 0. The van der Waals surface area contributed by atoms with Crippen LogP contribution in [0.2, 0.25) is 0 Å². The van der Waals surface area contributed by atoms with Crippen molar-refractivity contribution >= 4 is 37.7 Å². The molecule has 0 aliphatic carbocycles. The van der Waals surface area contributed by atoms with Crippen molar-refractivity contribution in [3.05, 3.63) is 46.0 Å². The Morgan fingerprint density at radius 2 is 0.600 bits per heavy atom. The maximum atomic E-state index is 8.25. The van der Waals surface area contributed by atoms with Crippen LogP contribution in [0, 0.1) is 46.0 Å². The molecule has 0 saturated heterocycles. The normalized spacial score (nSPS) is 4.80. The van der Waals surface area contributed by atoms with Crippen LogP contribution in [-0.4, -0.2) is 53.0 Å². The molecule has 0 amide bonds. The molecule has 0 aromatic carbocycles. The van der Waals surface area contributed by atoms with Crippen molar-refractivity contribution in [3.8, 4) is 0 Å². The minimum Gasteiger partial charge on any atom is -0.356 e. The summed E-state index contributed by atoms with van der Waals surface area (Å²) >= 11 is 0. The van der Waals surface area contributed by atoms with Crippen molar-refractivity contribution in [1.29, 1.82) is 0 Å². The van der Waals surface area contributed by atoms with E-state index in [1.807, 2.05) is 0 Å². The second kappa shape index (κ2) is 29.3. The summed E-state index contributed by atoms with van der Waals surface area (Å²) in [6, 6.07) is 0. The quantitative estimate of drug-likeness (QED) is 0.257. The second-order valence-corrected chi connectivity index (χ2v) is 0.671. The molecule has 0 radical (unpaired) electrons. The van der Waals surface area contributed by atoms with E-state index >= 15 is 0 Å². The molecule has 0 aliphatic heterocycles. The Kier molecular flexibility index (Phi) is 70.5. The Labute approximate surface area is 154 Å². The zero-order valence-electron chi connectivity index (χ0n) is 7.43. The van der Waals surface area contributed by atoms with Crippen LogP contribution in [0.3, 0.4) is 0 Å². The first-order valence-electron chi connectivity index (χ1n) is 1.64. The van der Waals surface area contributed by atoms with Crippen molar-refractivity contribution in [2.45, 2.75) is 0 Å². The molecule has 0 spiro atoms. The zero-order valence-corrected chi connectivity index (χ0v) is 12.8. The van der Waals surface area contributed by atoms with E-state index in [-0.39, 0.29) is 95.3 Å². The van der Waals surface area contributed by atoms with Gasteiger partial charge >= 0.3 is 89.1 Å². The topological polar surface area (TPSA) is 234 Å². The van der Waals surface area contributed by atoms with Gasteiger partial charge in [0, 0.05) is 0 Å². The van der Waals surface area contributed by atoms with Crippen LogP contribution in [0.5, 0.6) is 0 Å². The number of nitrogens with zero attached hydrogens (tertiary/aromatic N) is 3. The molecule has 80 valence electrons. The minimum atomic E-state index is -1.75. The molecule has 13 nitrogen and oxygen atoms in total. The van der Waals surface area contributed by atoms with Crippen LogP contribution in [-0.2, 0) is 0 Å². The van der Waals surface area contributed by atoms with E-state index in [1.54, 1.807) is 0 Å². The summed E-state index contributed by atoms with van der Waals surface area (Å²) < 4.78 is 0. The maximum Gasteiger partial charge on any atom is 2.00 e. The van der Waals surface area contributed by atoms with Crippen molar-refractivity contribution < 1.29 is 66.6 Å². The Morgan fingerprint density at radius 1 is 0.600 bits per heavy atom. The van der Waals surface area contributed by atoms with Gasteiger partial charge < -0.3 is 52.1 Å². The molecular weight excluding hydrogens is 279 g/mol. The molecule has 0 fully saturated rings. The molecule has 0 unspecified atom stereocenters. The van der Waals surface area contributed by atoms with Gasteiger partial charge in [-0.15, -0.1) is 0 Å². The van der Waals surface area contributed by atoms with Gasteiger partial charge in [-0.05, 0) is 0 Å². The van der Waals surface area contributed by atoms with Crippen LogP contribution in [0.25, 0.3) is 0 Å². The molecule has 0 atom stereocenters. The third kappa shape index (κ3) is 10800. The van der Waals surface area contributed by atoms with E-state index in [0.29, 0.717) is 0 Å². The molecule has 15 heteroatoms. The Hall–Kier alpha value is 0.456. The van der Waals surface area contributed by atoms with Crippen LogP contribution in [0.15, 0.2) is 0 Å². The number of hydrogen-bond donors (Lipinski definition) is 1. The Morgan fingerprint density at radius 3 is 0.600 bits per heavy atom. The molecule has 15 heavy (non-hydrogen) atoms. The first kappa shape index (κ1) is 36.1. The van der Waals surface area contributed by atoms with Crippen molar-refractivity contribution in [1.82, 2.24) is 6.15 Å². The smallest absolute Gasteiger partial charge is 0.356 e. The molecule has 0 saturated carbocycles. The van der Waals surface area contributed by atoms with Crippen LogP contribution >= 0.6 is 0 Å². The molecule has 0 heterocycles. The van der Waals surface area contributed by atoms with Crippen molar-refractivity contribution in [2.75, 3.05) is 0 Å². The van der Waals surface area contributed by atoms with E-state index in [1.165, 1.54) is 0 Å². The summed E-state index contributed by atoms with van der Waals surface area (Å²) in [6.07, 6.45) is 0. The average Bonchev–Trinajstić information content (AvgIpc) is 1.54. The van der Waals surface area contributed by atoms with E-state index in [0.717, 1.165) is 0 Å². The van der Waals surface area contributed by atoms with Gasteiger partial charge in [-0.25, -0.2) is 0 Å². The zero-order chi connectivity index (χ0) is 10.7. The fraction of sp³-hybridized carbons (Fsp3) is 0. The van der Waals surface area contributed by atoms with E-state index < -0.39 is 15.3 Å². The van der Waals surface area contributed by atoms with E-state index in [9.17, 15) is 0 Å². The maximum absolute atomic E-state index is 8.25. The minimum absolute atomic E-state index is 0. The van der Waals surface area contributed by atoms with Crippen molar-refractivity contribution in [3.63, 3.8) is 0 Å². The van der Waals surface area contributed by atoms with Crippen LogP contribution in [0.4, 0.5) is 0 Å². The van der Waals surface area contributed by atoms with Gasteiger partial charge in [0.05, 0.1) is 15.3 Å². The summed E-state index contributed by atoms with van der Waals surface area (Å²) in [7, 11) is 0. The molecule has 0 aromatic rings. The van der Waals surface area contributed by atoms with Gasteiger partial charge in [-0.1, -0.05) is 0 Å². The summed E-state index contributed by atoms with van der Waals surface area (Å²) in [5, 5.41) is 44.2. The third-order valence-electron chi connectivity index (χ3n) is 0.